The molecular formula is C23H23NO3. The highest BCUT2D eigenvalue weighted by Crippen LogP contribution is 2.24. The van der Waals surface area contributed by atoms with E-state index in [9.17, 15) is 4.79 Å². The lowest BCUT2D eigenvalue weighted by atomic mass is 10.0. The number of hydrogen-bond donors (Lipinski definition) is 0. The van der Waals surface area contributed by atoms with Gasteiger partial charge in [0.25, 0.3) is 0 Å². The molecule has 0 bridgehead atoms. The first-order chi connectivity index (χ1) is 13.2. The minimum Gasteiger partial charge on any atom is -0.497 e. The number of carbonyl (C=O) groups is 1. The summed E-state index contributed by atoms with van der Waals surface area (Å²) in [5.41, 5.74) is 2.17. The van der Waals surface area contributed by atoms with Crippen molar-refractivity contribution in [2.24, 2.45) is 0 Å². The van der Waals surface area contributed by atoms with Crippen LogP contribution in [0.3, 0.4) is 0 Å². The first-order valence-electron chi connectivity index (χ1n) is 9.04. The number of aromatic nitrogens is 1. The van der Waals surface area contributed by atoms with Crippen molar-refractivity contribution >= 4 is 5.78 Å². The Bertz CT molecular complexity index is 843. The monoisotopic (exact) mass is 361 g/mol. The van der Waals surface area contributed by atoms with Crippen LogP contribution in [-0.2, 0) is 17.6 Å². The average Bonchev–Trinajstić information content (AvgIpc) is 2.71. The summed E-state index contributed by atoms with van der Waals surface area (Å²) in [4.78, 5) is 16.1. The maximum atomic E-state index is 12.0. The molecule has 138 valence electrons. The van der Waals surface area contributed by atoms with E-state index in [1.54, 1.807) is 19.5 Å². The SMILES string of the molecule is COc1ccc(Oc2ccc(CCCC(=O)Cc3cccnc3)cc2)cc1. The van der Waals surface area contributed by atoms with E-state index in [0.29, 0.717) is 12.8 Å². The number of Topliss-reactive ketones (excluding diaryl/α,β-unsaturated/α-hetero) is 1. The highest BCUT2D eigenvalue weighted by Gasteiger charge is 2.05. The van der Waals surface area contributed by atoms with Gasteiger partial charge in [-0.05, 0) is 66.4 Å². The van der Waals surface area contributed by atoms with Crippen LogP contribution in [0.15, 0.2) is 73.1 Å². The zero-order valence-electron chi connectivity index (χ0n) is 15.4. The standard InChI is InChI=1S/C23H23NO3/c1-26-21-11-13-23(14-12-21)27-22-9-7-18(8-10-22)4-2-6-20(25)16-19-5-3-15-24-17-19/h3,5,7-15,17H,2,4,6,16H2,1H3. The molecule has 27 heavy (non-hydrogen) atoms. The lowest BCUT2D eigenvalue weighted by molar-refractivity contribution is -0.118. The number of ether oxygens (including phenoxy) is 2. The summed E-state index contributed by atoms with van der Waals surface area (Å²) in [7, 11) is 1.64. The van der Waals surface area contributed by atoms with Crippen molar-refractivity contribution in [3.8, 4) is 17.2 Å². The van der Waals surface area contributed by atoms with Crippen LogP contribution < -0.4 is 9.47 Å². The minimum atomic E-state index is 0.252. The van der Waals surface area contributed by atoms with E-state index >= 15 is 0 Å². The summed E-state index contributed by atoms with van der Waals surface area (Å²) in [6, 6.07) is 19.3. The Morgan fingerprint density at radius 2 is 1.56 bits per heavy atom. The minimum absolute atomic E-state index is 0.252. The molecule has 0 atom stereocenters. The number of rotatable bonds is 9. The van der Waals surface area contributed by atoms with Gasteiger partial charge in [-0.2, -0.15) is 0 Å². The van der Waals surface area contributed by atoms with Crippen LogP contribution >= 0.6 is 0 Å². The average molecular weight is 361 g/mol. The zero-order chi connectivity index (χ0) is 18.9. The largest absolute Gasteiger partial charge is 0.497 e. The molecule has 4 heteroatoms. The quantitative estimate of drug-likeness (QED) is 0.537. The van der Waals surface area contributed by atoms with Gasteiger partial charge in [-0.25, -0.2) is 0 Å². The molecule has 0 unspecified atom stereocenters. The van der Waals surface area contributed by atoms with E-state index < -0.39 is 0 Å². The molecule has 1 aromatic heterocycles. The lowest BCUT2D eigenvalue weighted by Crippen LogP contribution is -2.03. The number of benzene rings is 2. The summed E-state index contributed by atoms with van der Waals surface area (Å²) in [6.45, 7) is 0. The van der Waals surface area contributed by atoms with Gasteiger partial charge in [-0.3, -0.25) is 9.78 Å². The molecular weight excluding hydrogens is 338 g/mol. The predicted octanol–water partition coefficient (Wildman–Crippen LogP) is 5.02. The van der Waals surface area contributed by atoms with Crippen LogP contribution in [0.2, 0.25) is 0 Å². The maximum Gasteiger partial charge on any atom is 0.137 e. The summed E-state index contributed by atoms with van der Waals surface area (Å²) in [6.07, 6.45) is 6.23. The van der Waals surface area contributed by atoms with Gasteiger partial charge >= 0.3 is 0 Å². The second-order valence-corrected chi connectivity index (χ2v) is 6.35. The van der Waals surface area contributed by atoms with Crippen LogP contribution in [0.25, 0.3) is 0 Å². The second-order valence-electron chi connectivity index (χ2n) is 6.35. The van der Waals surface area contributed by atoms with Gasteiger partial charge in [0.05, 0.1) is 7.11 Å². The van der Waals surface area contributed by atoms with Crippen LogP contribution in [-0.4, -0.2) is 17.9 Å². The van der Waals surface area contributed by atoms with E-state index in [-0.39, 0.29) is 5.78 Å². The molecule has 0 spiro atoms. The van der Waals surface area contributed by atoms with Gasteiger partial charge in [-0.15, -0.1) is 0 Å². The second kappa shape index (κ2) is 9.53. The fourth-order valence-electron chi connectivity index (χ4n) is 2.81. The van der Waals surface area contributed by atoms with Crippen molar-refractivity contribution in [2.45, 2.75) is 25.7 Å². The smallest absolute Gasteiger partial charge is 0.137 e. The molecule has 0 amide bonds. The fraction of sp³-hybridized carbons (Fsp3) is 0.217. The molecule has 0 fully saturated rings. The third-order valence-electron chi connectivity index (χ3n) is 4.26. The number of nitrogens with zero attached hydrogens (tertiary/aromatic N) is 1. The lowest BCUT2D eigenvalue weighted by Gasteiger charge is -2.08. The molecule has 0 aliphatic heterocycles. The van der Waals surface area contributed by atoms with Gasteiger partial charge < -0.3 is 9.47 Å². The number of aryl methyl sites for hydroxylation is 1. The molecule has 1 heterocycles. The zero-order valence-corrected chi connectivity index (χ0v) is 15.4. The number of ketones is 1. The molecule has 4 nitrogen and oxygen atoms in total. The molecule has 0 saturated carbocycles. The predicted molar refractivity (Wildman–Crippen MR) is 105 cm³/mol. The molecule has 0 aliphatic rings. The Labute approximate surface area is 159 Å². The van der Waals surface area contributed by atoms with E-state index in [1.165, 1.54) is 5.56 Å². The molecule has 0 radical (unpaired) electrons. The highest BCUT2D eigenvalue weighted by molar-refractivity contribution is 5.80. The normalized spacial score (nSPS) is 10.4. The van der Waals surface area contributed by atoms with Gasteiger partial charge in [-0.1, -0.05) is 18.2 Å². The molecule has 0 saturated heterocycles. The maximum absolute atomic E-state index is 12.0. The van der Waals surface area contributed by atoms with Gasteiger partial charge in [0.2, 0.25) is 0 Å². The van der Waals surface area contributed by atoms with Crippen molar-refractivity contribution in [3.05, 3.63) is 84.2 Å². The summed E-state index contributed by atoms with van der Waals surface area (Å²) in [5.74, 6) is 2.61. The van der Waals surface area contributed by atoms with Gasteiger partial charge in [0.15, 0.2) is 0 Å². The summed E-state index contributed by atoms with van der Waals surface area (Å²) < 4.78 is 11.0. The Balaban J connectivity index is 1.44. The third-order valence-corrected chi connectivity index (χ3v) is 4.26. The van der Waals surface area contributed by atoms with Crippen LogP contribution in [0.4, 0.5) is 0 Å². The number of hydrogen-bond acceptors (Lipinski definition) is 4. The first kappa shape index (κ1) is 18.6. The molecule has 3 aromatic rings. The van der Waals surface area contributed by atoms with E-state index in [0.717, 1.165) is 35.7 Å². The summed E-state index contributed by atoms with van der Waals surface area (Å²) in [5, 5.41) is 0. The Hall–Kier alpha value is -3.14. The number of carbonyl (C=O) groups excluding carboxylic acids is 1. The topological polar surface area (TPSA) is 48.4 Å². The van der Waals surface area contributed by atoms with Gasteiger partial charge in [0, 0.05) is 25.2 Å². The number of pyridine rings is 1. The van der Waals surface area contributed by atoms with Crippen molar-refractivity contribution in [3.63, 3.8) is 0 Å². The van der Waals surface area contributed by atoms with Crippen molar-refractivity contribution in [1.82, 2.24) is 4.98 Å². The Morgan fingerprint density at radius 1 is 0.889 bits per heavy atom. The van der Waals surface area contributed by atoms with Crippen LogP contribution in [0.5, 0.6) is 17.2 Å². The third kappa shape index (κ3) is 5.96. The molecule has 0 N–H and O–H groups in total. The van der Waals surface area contributed by atoms with Crippen LogP contribution in [0, 0.1) is 0 Å². The van der Waals surface area contributed by atoms with Crippen molar-refractivity contribution in [1.29, 1.82) is 0 Å². The Morgan fingerprint density at radius 3 is 2.19 bits per heavy atom. The molecule has 0 aliphatic carbocycles. The van der Waals surface area contributed by atoms with Crippen LogP contribution in [0.1, 0.15) is 24.0 Å². The van der Waals surface area contributed by atoms with Crippen molar-refractivity contribution < 1.29 is 14.3 Å². The highest BCUT2D eigenvalue weighted by atomic mass is 16.5. The van der Waals surface area contributed by atoms with Gasteiger partial charge in [0.1, 0.15) is 23.0 Å². The summed E-state index contributed by atoms with van der Waals surface area (Å²) >= 11 is 0. The van der Waals surface area contributed by atoms with E-state index in [4.69, 9.17) is 9.47 Å². The van der Waals surface area contributed by atoms with E-state index in [2.05, 4.69) is 4.98 Å². The van der Waals surface area contributed by atoms with Crippen molar-refractivity contribution in [2.75, 3.05) is 7.11 Å². The fourth-order valence-corrected chi connectivity index (χ4v) is 2.81. The first-order valence-corrected chi connectivity index (χ1v) is 9.04. The number of methoxy groups -OCH3 is 1. The van der Waals surface area contributed by atoms with E-state index in [1.807, 2.05) is 60.7 Å². The Kier molecular flexibility index (Phi) is 6.58. The molecule has 3 rings (SSSR count). The molecule has 2 aromatic carbocycles.